The Balaban J connectivity index is 1.81. The van der Waals surface area contributed by atoms with Gasteiger partial charge in [-0.05, 0) is 36.6 Å². The first-order chi connectivity index (χ1) is 11.2. The Morgan fingerprint density at radius 2 is 2.09 bits per heavy atom. The van der Waals surface area contributed by atoms with E-state index >= 15 is 0 Å². The largest absolute Gasteiger partial charge is 0.345 e. The highest BCUT2D eigenvalue weighted by Crippen LogP contribution is 2.27. The van der Waals surface area contributed by atoms with Crippen molar-refractivity contribution in [1.82, 2.24) is 29.7 Å². The summed E-state index contributed by atoms with van der Waals surface area (Å²) in [6, 6.07) is 5.68. The predicted molar refractivity (Wildman–Crippen MR) is 91.0 cm³/mol. The summed E-state index contributed by atoms with van der Waals surface area (Å²) < 4.78 is 1.58. The Hall–Kier alpha value is -2.67. The van der Waals surface area contributed by atoms with E-state index < -0.39 is 0 Å². The van der Waals surface area contributed by atoms with Crippen molar-refractivity contribution in [2.45, 2.75) is 6.92 Å². The number of thioether (sulfide) groups is 1. The zero-order valence-corrected chi connectivity index (χ0v) is 13.5. The molecule has 4 rings (SSSR count). The van der Waals surface area contributed by atoms with Gasteiger partial charge in [0.25, 0.3) is 0 Å². The van der Waals surface area contributed by atoms with Crippen LogP contribution in [-0.4, -0.2) is 36.7 Å². The average molecular weight is 322 g/mol. The Morgan fingerprint density at radius 3 is 2.83 bits per heavy atom. The van der Waals surface area contributed by atoms with Crippen LogP contribution in [0.15, 0.2) is 47.1 Å². The number of aromatic nitrogens is 5. The predicted octanol–water partition coefficient (Wildman–Crippen LogP) is 1.99. The second-order valence-electron chi connectivity index (χ2n) is 5.15. The van der Waals surface area contributed by atoms with E-state index in [1.54, 1.807) is 22.6 Å². The van der Waals surface area contributed by atoms with Crippen LogP contribution in [0, 0.1) is 6.92 Å². The lowest BCUT2D eigenvalue weighted by molar-refractivity contribution is 0.621. The standard InChI is InChI=1S/C16H14N6S/c1-11-12(6-7-14-21(2)9-10-23-14)16-18-15(20-22(16)19-11)13-5-3-4-8-17-13/h3-10H,1-2H3. The number of nitrogens with zero attached hydrogens (tertiary/aromatic N) is 6. The molecule has 4 heterocycles. The Kier molecular flexibility index (Phi) is 3.34. The molecule has 0 atom stereocenters. The first-order valence-corrected chi connectivity index (χ1v) is 8.03. The summed E-state index contributed by atoms with van der Waals surface area (Å²) in [5, 5.41) is 13.1. The molecule has 3 aromatic rings. The topological polar surface area (TPSA) is 59.2 Å². The normalized spacial score (nSPS) is 17.0. The number of pyridine rings is 1. The minimum atomic E-state index is 0.587. The molecule has 3 aromatic heterocycles. The number of rotatable bonds is 2. The summed E-state index contributed by atoms with van der Waals surface area (Å²) >= 11 is 1.69. The quantitative estimate of drug-likeness (QED) is 0.719. The van der Waals surface area contributed by atoms with Gasteiger partial charge >= 0.3 is 0 Å². The summed E-state index contributed by atoms with van der Waals surface area (Å²) in [5.74, 6) is 0.587. The summed E-state index contributed by atoms with van der Waals surface area (Å²) in [6.07, 6.45) is 7.88. The third-order valence-corrected chi connectivity index (χ3v) is 4.50. The highest BCUT2D eigenvalue weighted by molar-refractivity contribution is 8.06. The summed E-state index contributed by atoms with van der Waals surface area (Å²) in [4.78, 5) is 11.0. The molecule has 0 fully saturated rings. The Labute approximate surface area is 137 Å². The minimum absolute atomic E-state index is 0.587. The van der Waals surface area contributed by atoms with E-state index in [0.29, 0.717) is 5.82 Å². The smallest absolute Gasteiger partial charge is 0.202 e. The monoisotopic (exact) mass is 322 g/mol. The fourth-order valence-electron chi connectivity index (χ4n) is 2.36. The lowest BCUT2D eigenvalue weighted by Crippen LogP contribution is -2.05. The van der Waals surface area contributed by atoms with Crippen LogP contribution in [0.1, 0.15) is 5.69 Å². The van der Waals surface area contributed by atoms with Gasteiger partial charge < -0.3 is 4.90 Å². The zero-order chi connectivity index (χ0) is 15.8. The summed E-state index contributed by atoms with van der Waals surface area (Å²) in [5.41, 5.74) is 2.40. The SMILES string of the molecule is Cc1nn2nc(-c3ccccn3)nc2c1=CC=C1SC=CN1C. The van der Waals surface area contributed by atoms with Gasteiger partial charge in [-0.3, -0.25) is 4.98 Å². The first-order valence-electron chi connectivity index (χ1n) is 7.15. The van der Waals surface area contributed by atoms with Gasteiger partial charge in [0.15, 0.2) is 5.65 Å². The third-order valence-electron chi connectivity index (χ3n) is 3.57. The number of hydrogen-bond acceptors (Lipinski definition) is 6. The fraction of sp³-hybridized carbons (Fsp3) is 0.125. The average Bonchev–Trinajstić information content (AvgIpc) is 3.22. The van der Waals surface area contributed by atoms with Crippen molar-refractivity contribution in [3.05, 3.63) is 58.0 Å². The number of allylic oxidation sites excluding steroid dienone is 1. The molecule has 114 valence electrons. The number of hydrogen-bond donors (Lipinski definition) is 0. The molecule has 0 bridgehead atoms. The summed E-state index contributed by atoms with van der Waals surface area (Å²) in [7, 11) is 2.03. The molecule has 1 aliphatic rings. The Morgan fingerprint density at radius 1 is 1.17 bits per heavy atom. The highest BCUT2D eigenvalue weighted by Gasteiger charge is 2.12. The first kappa shape index (κ1) is 14.0. The van der Waals surface area contributed by atoms with Crippen LogP contribution in [-0.2, 0) is 0 Å². The van der Waals surface area contributed by atoms with Crippen LogP contribution in [0.3, 0.4) is 0 Å². The maximum absolute atomic E-state index is 4.60. The molecule has 1 aliphatic heterocycles. The highest BCUT2D eigenvalue weighted by atomic mass is 32.2. The van der Waals surface area contributed by atoms with E-state index in [-0.39, 0.29) is 0 Å². The van der Waals surface area contributed by atoms with Gasteiger partial charge in [0.1, 0.15) is 5.69 Å². The van der Waals surface area contributed by atoms with Crippen molar-refractivity contribution < 1.29 is 0 Å². The fourth-order valence-corrected chi connectivity index (χ4v) is 3.11. The second-order valence-corrected chi connectivity index (χ2v) is 6.07. The van der Waals surface area contributed by atoms with E-state index in [1.807, 2.05) is 44.4 Å². The third kappa shape index (κ3) is 2.49. The van der Waals surface area contributed by atoms with Crippen molar-refractivity contribution in [2.24, 2.45) is 0 Å². The Bertz CT molecular complexity index is 973. The van der Waals surface area contributed by atoms with E-state index in [4.69, 9.17) is 0 Å². The van der Waals surface area contributed by atoms with Gasteiger partial charge in [0, 0.05) is 24.7 Å². The molecule has 6 nitrogen and oxygen atoms in total. The molecular weight excluding hydrogens is 308 g/mol. The van der Waals surface area contributed by atoms with Crippen LogP contribution in [0.4, 0.5) is 0 Å². The van der Waals surface area contributed by atoms with Gasteiger partial charge in [0.2, 0.25) is 5.82 Å². The van der Waals surface area contributed by atoms with E-state index in [9.17, 15) is 0 Å². The van der Waals surface area contributed by atoms with E-state index in [1.165, 1.54) is 0 Å². The van der Waals surface area contributed by atoms with Crippen molar-refractivity contribution in [2.75, 3.05) is 7.05 Å². The van der Waals surface area contributed by atoms with Gasteiger partial charge in [-0.2, -0.15) is 5.10 Å². The van der Waals surface area contributed by atoms with Gasteiger partial charge in [-0.1, -0.05) is 17.8 Å². The lowest BCUT2D eigenvalue weighted by Gasteiger charge is -2.07. The molecule has 0 unspecified atom stereocenters. The molecule has 7 heteroatoms. The lowest BCUT2D eigenvalue weighted by atomic mass is 10.3. The van der Waals surface area contributed by atoms with Crippen LogP contribution >= 0.6 is 11.8 Å². The molecule has 0 saturated carbocycles. The van der Waals surface area contributed by atoms with Crippen molar-refractivity contribution in [3.8, 4) is 11.5 Å². The van der Waals surface area contributed by atoms with Crippen LogP contribution < -0.4 is 5.22 Å². The molecule has 0 saturated heterocycles. The van der Waals surface area contributed by atoms with Crippen molar-refractivity contribution in [3.63, 3.8) is 0 Å². The van der Waals surface area contributed by atoms with E-state index in [2.05, 4.69) is 36.5 Å². The maximum Gasteiger partial charge on any atom is 0.202 e. The molecule has 0 aromatic carbocycles. The molecule has 0 radical (unpaired) electrons. The van der Waals surface area contributed by atoms with E-state index in [0.717, 1.165) is 27.3 Å². The molecule has 0 spiro atoms. The van der Waals surface area contributed by atoms with Gasteiger partial charge in [-0.15, -0.1) is 9.73 Å². The number of fused-ring (bicyclic) bond motifs is 1. The van der Waals surface area contributed by atoms with Crippen molar-refractivity contribution in [1.29, 1.82) is 0 Å². The van der Waals surface area contributed by atoms with Crippen molar-refractivity contribution >= 4 is 23.5 Å². The molecular formula is C16H14N6S. The minimum Gasteiger partial charge on any atom is -0.345 e. The molecule has 0 amide bonds. The molecule has 0 N–H and O–H groups in total. The van der Waals surface area contributed by atoms with Gasteiger partial charge in [-0.25, -0.2) is 4.98 Å². The van der Waals surface area contributed by atoms with Crippen LogP contribution in [0.5, 0.6) is 0 Å². The van der Waals surface area contributed by atoms with Crippen LogP contribution in [0.25, 0.3) is 23.2 Å². The number of aryl methyl sites for hydroxylation is 1. The molecule has 0 aliphatic carbocycles. The second kappa shape index (κ2) is 5.51. The maximum atomic E-state index is 4.60. The van der Waals surface area contributed by atoms with Crippen LogP contribution in [0.2, 0.25) is 0 Å². The zero-order valence-electron chi connectivity index (χ0n) is 12.7. The molecule has 23 heavy (non-hydrogen) atoms. The van der Waals surface area contributed by atoms with Gasteiger partial charge in [0.05, 0.1) is 10.7 Å². The summed E-state index contributed by atoms with van der Waals surface area (Å²) in [6.45, 7) is 1.96.